The van der Waals surface area contributed by atoms with E-state index in [4.69, 9.17) is 15.9 Å². The third kappa shape index (κ3) is 2.36. The van der Waals surface area contributed by atoms with Crippen LogP contribution in [-0.4, -0.2) is 12.1 Å². The van der Waals surface area contributed by atoms with E-state index in [1.54, 1.807) is 6.26 Å². The summed E-state index contributed by atoms with van der Waals surface area (Å²) in [6, 6.07) is 3.85. The van der Waals surface area contributed by atoms with Gasteiger partial charge in [-0.2, -0.15) is 0 Å². The first-order valence-electron chi connectivity index (χ1n) is 4.27. The minimum absolute atomic E-state index is 0.00106. The van der Waals surface area contributed by atoms with Crippen molar-refractivity contribution in [3.63, 3.8) is 0 Å². The molecule has 1 aromatic heterocycles. The summed E-state index contributed by atoms with van der Waals surface area (Å²) in [6.45, 7) is 2.03. The molecule has 0 saturated heterocycles. The molecule has 0 fully saturated rings. The molecular formula is C9H16N2O. The Hall–Kier alpha value is -0.800. The Bertz CT molecular complexity index is 208. The molecular weight excluding hydrogens is 152 g/mol. The fraction of sp³-hybridized carbons (Fsp3) is 0.556. The number of hydrogen-bond donors (Lipinski definition) is 2. The lowest BCUT2D eigenvalue weighted by Gasteiger charge is -2.16. The molecule has 0 aliphatic carbocycles. The number of rotatable bonds is 4. The second kappa shape index (κ2) is 4.28. The van der Waals surface area contributed by atoms with Crippen LogP contribution in [0.2, 0.25) is 0 Å². The van der Waals surface area contributed by atoms with E-state index in [2.05, 4.69) is 0 Å². The van der Waals surface area contributed by atoms with Gasteiger partial charge >= 0.3 is 0 Å². The lowest BCUT2D eigenvalue weighted by molar-refractivity contribution is 0.443. The molecule has 1 heterocycles. The van der Waals surface area contributed by atoms with Crippen molar-refractivity contribution in [2.45, 2.75) is 31.8 Å². The van der Waals surface area contributed by atoms with E-state index in [0.29, 0.717) is 0 Å². The van der Waals surface area contributed by atoms with Gasteiger partial charge in [0.2, 0.25) is 0 Å². The molecule has 0 aliphatic heterocycles. The first-order chi connectivity index (χ1) is 5.74. The third-order valence-corrected chi connectivity index (χ3v) is 2.04. The van der Waals surface area contributed by atoms with Crippen molar-refractivity contribution >= 4 is 0 Å². The highest BCUT2D eigenvalue weighted by molar-refractivity contribution is 5.01. The van der Waals surface area contributed by atoms with E-state index >= 15 is 0 Å². The molecule has 0 aromatic carbocycles. The van der Waals surface area contributed by atoms with Crippen LogP contribution < -0.4 is 11.5 Å². The smallest absolute Gasteiger partial charge is 0.105 e. The highest BCUT2D eigenvalue weighted by Crippen LogP contribution is 2.05. The maximum atomic E-state index is 5.83. The molecule has 1 rings (SSSR count). The molecule has 3 heteroatoms. The summed E-state index contributed by atoms with van der Waals surface area (Å²) in [6.07, 6.45) is 3.28. The maximum absolute atomic E-state index is 5.83. The summed E-state index contributed by atoms with van der Waals surface area (Å²) in [4.78, 5) is 0. The van der Waals surface area contributed by atoms with Crippen molar-refractivity contribution in [2.24, 2.45) is 11.5 Å². The fourth-order valence-electron chi connectivity index (χ4n) is 1.12. The molecule has 12 heavy (non-hydrogen) atoms. The van der Waals surface area contributed by atoms with Crippen LogP contribution in [0.1, 0.15) is 19.1 Å². The van der Waals surface area contributed by atoms with E-state index in [0.717, 1.165) is 18.6 Å². The first-order valence-corrected chi connectivity index (χ1v) is 4.27. The highest BCUT2D eigenvalue weighted by atomic mass is 16.3. The lowest BCUT2D eigenvalue weighted by atomic mass is 10.0. The van der Waals surface area contributed by atoms with Gasteiger partial charge < -0.3 is 15.9 Å². The first kappa shape index (κ1) is 9.29. The summed E-state index contributed by atoms with van der Waals surface area (Å²) in [5, 5.41) is 0. The summed E-state index contributed by atoms with van der Waals surface area (Å²) in [5.74, 6) is 0.909. The molecule has 4 N–H and O–H groups in total. The third-order valence-electron chi connectivity index (χ3n) is 2.04. The Balaban J connectivity index is 2.41. The minimum Gasteiger partial charge on any atom is -0.469 e. The second-order valence-corrected chi connectivity index (χ2v) is 3.02. The number of nitrogens with two attached hydrogens (primary N) is 2. The van der Waals surface area contributed by atoms with Gasteiger partial charge in [0.1, 0.15) is 5.76 Å². The Kier molecular flexibility index (Phi) is 3.31. The fourth-order valence-corrected chi connectivity index (χ4v) is 1.12. The van der Waals surface area contributed by atoms with E-state index in [-0.39, 0.29) is 12.1 Å². The van der Waals surface area contributed by atoms with Crippen LogP contribution in [0.3, 0.4) is 0 Å². The topological polar surface area (TPSA) is 65.2 Å². The molecule has 0 bridgehead atoms. The van der Waals surface area contributed by atoms with Crippen molar-refractivity contribution in [2.75, 3.05) is 0 Å². The van der Waals surface area contributed by atoms with Crippen LogP contribution in [0, 0.1) is 0 Å². The maximum Gasteiger partial charge on any atom is 0.105 e. The predicted octanol–water partition coefficient (Wildman–Crippen LogP) is 0.887. The minimum atomic E-state index is 0.00106. The zero-order chi connectivity index (χ0) is 8.97. The Morgan fingerprint density at radius 3 is 2.67 bits per heavy atom. The van der Waals surface area contributed by atoms with E-state index in [9.17, 15) is 0 Å². The number of hydrogen-bond acceptors (Lipinski definition) is 3. The van der Waals surface area contributed by atoms with Gasteiger partial charge in [0, 0.05) is 18.5 Å². The van der Waals surface area contributed by atoms with Crippen molar-refractivity contribution in [1.29, 1.82) is 0 Å². The van der Waals surface area contributed by atoms with Crippen molar-refractivity contribution in [3.8, 4) is 0 Å². The zero-order valence-electron chi connectivity index (χ0n) is 7.36. The Morgan fingerprint density at radius 2 is 2.17 bits per heavy atom. The van der Waals surface area contributed by atoms with Gasteiger partial charge in [0.25, 0.3) is 0 Å². The molecule has 0 amide bonds. The molecule has 0 aliphatic rings. The van der Waals surface area contributed by atoms with Gasteiger partial charge in [0.15, 0.2) is 0 Å². The van der Waals surface area contributed by atoms with Gasteiger partial charge in [-0.25, -0.2) is 0 Å². The summed E-state index contributed by atoms with van der Waals surface area (Å²) < 4.78 is 5.16. The van der Waals surface area contributed by atoms with Crippen LogP contribution in [0.4, 0.5) is 0 Å². The predicted molar refractivity (Wildman–Crippen MR) is 48.7 cm³/mol. The van der Waals surface area contributed by atoms with Crippen LogP contribution in [0.25, 0.3) is 0 Å². The SMILES string of the molecule is CCC(N)C(N)Cc1ccco1. The van der Waals surface area contributed by atoms with Gasteiger partial charge in [-0.1, -0.05) is 6.92 Å². The monoisotopic (exact) mass is 168 g/mol. The second-order valence-electron chi connectivity index (χ2n) is 3.02. The molecule has 0 spiro atoms. The quantitative estimate of drug-likeness (QED) is 0.701. The average molecular weight is 168 g/mol. The van der Waals surface area contributed by atoms with E-state index < -0.39 is 0 Å². The van der Waals surface area contributed by atoms with Crippen molar-refractivity contribution < 1.29 is 4.42 Å². The number of furan rings is 1. The van der Waals surface area contributed by atoms with Gasteiger partial charge in [0.05, 0.1) is 6.26 Å². The van der Waals surface area contributed by atoms with Crippen LogP contribution in [0.15, 0.2) is 22.8 Å². The van der Waals surface area contributed by atoms with Gasteiger partial charge in [-0.15, -0.1) is 0 Å². The molecule has 68 valence electrons. The average Bonchev–Trinajstić information content (AvgIpc) is 2.55. The van der Waals surface area contributed by atoms with Crippen LogP contribution in [0.5, 0.6) is 0 Å². The van der Waals surface area contributed by atoms with Crippen molar-refractivity contribution in [1.82, 2.24) is 0 Å². The van der Waals surface area contributed by atoms with Crippen LogP contribution in [-0.2, 0) is 6.42 Å². The summed E-state index contributed by atoms with van der Waals surface area (Å²) in [5.41, 5.74) is 11.6. The lowest BCUT2D eigenvalue weighted by Crippen LogP contribution is -2.42. The van der Waals surface area contributed by atoms with Gasteiger partial charge in [-0.05, 0) is 18.6 Å². The normalized spacial score (nSPS) is 15.9. The molecule has 2 unspecified atom stereocenters. The standard InChI is InChI=1S/C9H16N2O/c1-2-8(10)9(11)6-7-4-3-5-12-7/h3-5,8-9H,2,6,10-11H2,1H3. The molecule has 3 nitrogen and oxygen atoms in total. The van der Waals surface area contributed by atoms with E-state index in [1.165, 1.54) is 0 Å². The Labute approximate surface area is 72.7 Å². The van der Waals surface area contributed by atoms with E-state index in [1.807, 2.05) is 19.1 Å². The highest BCUT2D eigenvalue weighted by Gasteiger charge is 2.12. The van der Waals surface area contributed by atoms with Crippen LogP contribution >= 0.6 is 0 Å². The summed E-state index contributed by atoms with van der Waals surface area (Å²) in [7, 11) is 0. The van der Waals surface area contributed by atoms with Crippen molar-refractivity contribution in [3.05, 3.63) is 24.2 Å². The molecule has 2 atom stereocenters. The molecule has 0 saturated carbocycles. The Morgan fingerprint density at radius 1 is 1.42 bits per heavy atom. The van der Waals surface area contributed by atoms with Gasteiger partial charge in [-0.3, -0.25) is 0 Å². The molecule has 0 radical (unpaired) electrons. The summed E-state index contributed by atoms with van der Waals surface area (Å²) >= 11 is 0. The zero-order valence-corrected chi connectivity index (χ0v) is 7.36. The largest absolute Gasteiger partial charge is 0.469 e. The molecule has 1 aromatic rings.